The number of benzene rings is 12. The van der Waals surface area contributed by atoms with Crippen LogP contribution in [0.2, 0.25) is 0 Å². The Morgan fingerprint density at radius 1 is 0.254 bits per heavy atom. The fourth-order valence-electron chi connectivity index (χ4n) is 13.6. The Kier molecular flexibility index (Phi) is 7.75. The van der Waals surface area contributed by atoms with E-state index in [0.717, 1.165) is 62.3 Å². The third kappa shape index (κ3) is 4.87. The molecule has 0 amide bonds. The Morgan fingerprint density at radius 3 is 1.00 bits per heavy atom. The molecule has 3 nitrogen and oxygen atoms in total. The van der Waals surface area contributed by atoms with Crippen LogP contribution in [0.5, 0.6) is 23.0 Å². The Hall–Kier alpha value is -9.18. The molecule has 0 radical (unpaired) electrons. The smallest absolute Gasteiger partial charge is 0.132 e. The average molecular weight is 904 g/mol. The summed E-state index contributed by atoms with van der Waals surface area (Å²) in [5, 5.41) is 7.45. The third-order valence-corrected chi connectivity index (χ3v) is 16.2. The lowest BCUT2D eigenvalue weighted by atomic mass is 9.66. The number of para-hydroxylation sites is 4. The monoisotopic (exact) mass is 903 g/mol. The van der Waals surface area contributed by atoms with Gasteiger partial charge in [0.2, 0.25) is 0 Å². The van der Waals surface area contributed by atoms with Gasteiger partial charge in [-0.2, -0.15) is 0 Å². The van der Waals surface area contributed by atoms with Crippen LogP contribution in [-0.2, 0) is 10.8 Å². The molecule has 12 aromatic rings. The van der Waals surface area contributed by atoms with Crippen molar-refractivity contribution in [1.29, 1.82) is 0 Å². The number of hydrogen-bond acceptors (Lipinski definition) is 3. The minimum atomic E-state index is -0.637. The first-order valence-electron chi connectivity index (χ1n) is 24.6. The lowest BCUT2D eigenvalue weighted by Crippen LogP contribution is -2.32. The molecule has 0 unspecified atom stereocenters. The van der Waals surface area contributed by atoms with Gasteiger partial charge < -0.3 is 14.4 Å². The Labute approximate surface area is 411 Å². The van der Waals surface area contributed by atoms with Crippen molar-refractivity contribution in [3.8, 4) is 45.3 Å². The molecule has 71 heavy (non-hydrogen) atoms. The summed E-state index contributed by atoms with van der Waals surface area (Å²) >= 11 is 0. The van der Waals surface area contributed by atoms with Gasteiger partial charge >= 0.3 is 0 Å². The summed E-state index contributed by atoms with van der Waals surface area (Å²) in [5.41, 5.74) is 16.4. The van der Waals surface area contributed by atoms with Crippen molar-refractivity contribution >= 4 is 49.4 Å². The van der Waals surface area contributed by atoms with Crippen LogP contribution in [0.3, 0.4) is 0 Å². The molecule has 0 atom stereocenters. The molecule has 3 heteroatoms. The Bertz CT molecular complexity index is 3960. The van der Waals surface area contributed by atoms with E-state index in [9.17, 15) is 0 Å². The predicted molar refractivity (Wildman–Crippen MR) is 288 cm³/mol. The zero-order valence-electron chi connectivity index (χ0n) is 38.4. The highest BCUT2D eigenvalue weighted by Crippen LogP contribution is 2.67. The van der Waals surface area contributed by atoms with Gasteiger partial charge in [0.05, 0.1) is 22.2 Å². The summed E-state index contributed by atoms with van der Waals surface area (Å²) in [6.07, 6.45) is 0. The maximum absolute atomic E-state index is 6.79. The zero-order chi connectivity index (χ0) is 46.4. The van der Waals surface area contributed by atoms with Gasteiger partial charge in [-0.1, -0.05) is 200 Å². The number of anilines is 3. The van der Waals surface area contributed by atoms with Crippen LogP contribution in [0.4, 0.5) is 17.1 Å². The Balaban J connectivity index is 1.05. The second kappa shape index (κ2) is 14.2. The molecule has 0 saturated carbocycles. The van der Waals surface area contributed by atoms with E-state index in [-0.39, 0.29) is 0 Å². The van der Waals surface area contributed by atoms with Crippen molar-refractivity contribution in [2.24, 2.45) is 0 Å². The van der Waals surface area contributed by atoms with Crippen LogP contribution in [-0.4, -0.2) is 0 Å². The highest BCUT2D eigenvalue weighted by molar-refractivity contribution is 6.26. The quantitative estimate of drug-likeness (QED) is 0.165. The van der Waals surface area contributed by atoms with Crippen LogP contribution in [0.25, 0.3) is 54.6 Å². The van der Waals surface area contributed by atoms with Crippen LogP contribution in [0.1, 0.15) is 44.5 Å². The molecule has 0 aromatic heterocycles. The lowest BCUT2D eigenvalue weighted by molar-refractivity contribution is 0.436. The second-order valence-corrected chi connectivity index (χ2v) is 19.3. The van der Waals surface area contributed by atoms with Crippen molar-refractivity contribution in [3.05, 3.63) is 293 Å². The standard InChI is InChI=1S/C68H41NO2/c1-2-21-45-43(19-1)44-20-3-4-22-46(44)50-41-42(39-40-47(45)50)69(59-33-17-31-57-65(59)48-23-5-7-25-51(48)67(57)53-27-9-13-35-61(53)70-62-36-14-10-28-54(62)67)60-34-18-32-58-66(60)49-24-6-8-26-52(49)68(58)55-29-11-15-37-63(55)71-64-38-16-12-30-56(64)68/h1-41H. The van der Waals surface area contributed by atoms with Gasteiger partial charge in [0.1, 0.15) is 23.0 Å². The molecule has 0 bridgehead atoms. The van der Waals surface area contributed by atoms with Gasteiger partial charge in [-0.25, -0.2) is 0 Å². The molecule has 0 N–H and O–H groups in total. The highest BCUT2D eigenvalue weighted by Gasteiger charge is 2.54. The van der Waals surface area contributed by atoms with E-state index in [1.807, 2.05) is 0 Å². The lowest BCUT2D eigenvalue weighted by Gasteiger charge is -2.40. The maximum Gasteiger partial charge on any atom is 0.132 e. The van der Waals surface area contributed by atoms with E-state index < -0.39 is 10.8 Å². The molecule has 0 saturated heterocycles. The minimum absolute atomic E-state index is 0.637. The molecule has 4 aliphatic rings. The first-order valence-corrected chi connectivity index (χ1v) is 24.6. The molecular formula is C68H41NO2. The number of nitrogens with zero attached hydrogens (tertiary/aromatic N) is 1. The number of rotatable bonds is 3. The van der Waals surface area contributed by atoms with Crippen molar-refractivity contribution < 1.29 is 9.47 Å². The van der Waals surface area contributed by atoms with Crippen LogP contribution < -0.4 is 14.4 Å². The third-order valence-electron chi connectivity index (χ3n) is 16.2. The van der Waals surface area contributed by atoms with Gasteiger partial charge in [-0.3, -0.25) is 0 Å². The number of ether oxygens (including phenoxy) is 2. The molecule has 12 aromatic carbocycles. The predicted octanol–water partition coefficient (Wildman–Crippen LogP) is 17.6. The van der Waals surface area contributed by atoms with Gasteiger partial charge in [0, 0.05) is 39.1 Å². The normalized spacial score (nSPS) is 14.4. The topological polar surface area (TPSA) is 21.7 Å². The van der Waals surface area contributed by atoms with E-state index in [1.165, 1.54) is 76.8 Å². The molecule has 16 rings (SSSR count). The van der Waals surface area contributed by atoms with Crippen molar-refractivity contribution in [1.82, 2.24) is 0 Å². The van der Waals surface area contributed by atoms with E-state index in [2.05, 4.69) is 254 Å². The second-order valence-electron chi connectivity index (χ2n) is 19.3. The van der Waals surface area contributed by atoms with Gasteiger partial charge in [0.15, 0.2) is 0 Å². The first kappa shape index (κ1) is 38.8. The zero-order valence-corrected chi connectivity index (χ0v) is 38.4. The maximum atomic E-state index is 6.79. The fraction of sp³-hybridized carbons (Fsp3) is 0.0294. The van der Waals surface area contributed by atoms with E-state index in [1.54, 1.807) is 0 Å². The first-order chi connectivity index (χ1) is 35.2. The largest absolute Gasteiger partial charge is 0.457 e. The summed E-state index contributed by atoms with van der Waals surface area (Å²) in [6.45, 7) is 0. The molecule has 2 spiro atoms. The van der Waals surface area contributed by atoms with Crippen LogP contribution in [0, 0.1) is 0 Å². The molecule has 2 aliphatic heterocycles. The molecular weight excluding hydrogens is 863 g/mol. The van der Waals surface area contributed by atoms with E-state index in [4.69, 9.17) is 9.47 Å². The summed E-state index contributed by atoms with van der Waals surface area (Å²) < 4.78 is 13.6. The summed E-state index contributed by atoms with van der Waals surface area (Å²) in [7, 11) is 0. The highest BCUT2D eigenvalue weighted by atomic mass is 16.5. The van der Waals surface area contributed by atoms with Crippen LogP contribution in [0.15, 0.2) is 249 Å². The fourth-order valence-corrected chi connectivity index (χ4v) is 13.6. The average Bonchev–Trinajstić information content (AvgIpc) is 3.90. The van der Waals surface area contributed by atoms with E-state index in [0.29, 0.717) is 0 Å². The van der Waals surface area contributed by atoms with Crippen molar-refractivity contribution in [3.63, 3.8) is 0 Å². The molecule has 2 heterocycles. The number of hydrogen-bond donors (Lipinski definition) is 0. The summed E-state index contributed by atoms with van der Waals surface area (Å²) in [5.74, 6) is 3.52. The number of fused-ring (bicyclic) bond motifs is 24. The minimum Gasteiger partial charge on any atom is -0.457 e. The molecule has 0 fully saturated rings. The van der Waals surface area contributed by atoms with Crippen LogP contribution >= 0.6 is 0 Å². The van der Waals surface area contributed by atoms with Gasteiger partial charge in [-0.15, -0.1) is 0 Å². The molecule has 2 aliphatic carbocycles. The van der Waals surface area contributed by atoms with Gasteiger partial charge in [0.25, 0.3) is 0 Å². The van der Waals surface area contributed by atoms with Crippen molar-refractivity contribution in [2.45, 2.75) is 10.8 Å². The van der Waals surface area contributed by atoms with Gasteiger partial charge in [-0.05, 0) is 114 Å². The van der Waals surface area contributed by atoms with E-state index >= 15 is 0 Å². The summed E-state index contributed by atoms with van der Waals surface area (Å²) in [4.78, 5) is 2.58. The Morgan fingerprint density at radius 2 is 0.577 bits per heavy atom. The molecule has 330 valence electrons. The SMILES string of the molecule is c1ccc2c(c1)Oc1ccccc1C21c2ccccc2-c2c(N(c3ccc4c5ccccc5c5ccccc5c4c3)c3cccc4c3-c3ccccc3C43c4ccccc4Oc4ccccc43)cccc21. The van der Waals surface area contributed by atoms with Crippen molar-refractivity contribution in [2.75, 3.05) is 4.90 Å². The summed E-state index contributed by atoms with van der Waals surface area (Å²) in [6, 6.07) is 91.6.